The van der Waals surface area contributed by atoms with Gasteiger partial charge in [-0.05, 0) is 68.4 Å². The Balaban J connectivity index is 1.27. The number of likely N-dealkylation sites (tertiary alicyclic amines) is 1. The van der Waals surface area contributed by atoms with Crippen LogP contribution >= 0.6 is 0 Å². The maximum absolute atomic E-state index is 13.1. The summed E-state index contributed by atoms with van der Waals surface area (Å²) in [5.41, 5.74) is 2.63. The van der Waals surface area contributed by atoms with Crippen LogP contribution in [0.2, 0.25) is 0 Å². The zero-order chi connectivity index (χ0) is 25.3. The van der Waals surface area contributed by atoms with Crippen molar-refractivity contribution in [3.05, 3.63) is 71.3 Å². The highest BCUT2D eigenvalue weighted by atomic mass is 16.2. The van der Waals surface area contributed by atoms with E-state index >= 15 is 0 Å². The third kappa shape index (κ3) is 6.74. The predicted molar refractivity (Wildman–Crippen MR) is 142 cm³/mol. The number of nitrogens with zero attached hydrogens (tertiary/aromatic N) is 1. The first-order valence-electron chi connectivity index (χ1n) is 13.6. The second-order valence-corrected chi connectivity index (χ2v) is 10.2. The minimum atomic E-state index is -0.0992. The zero-order valence-electron chi connectivity index (χ0n) is 21.4. The molecule has 1 saturated heterocycles. The Kier molecular flexibility index (Phi) is 9.15. The molecule has 1 heterocycles. The van der Waals surface area contributed by atoms with E-state index in [-0.39, 0.29) is 35.7 Å². The van der Waals surface area contributed by atoms with Crippen molar-refractivity contribution in [1.82, 2.24) is 15.5 Å². The standard InChI is InChI=1S/C30H39N3O3/c1-2-3-9-22-14-16-25(17-15-22)30(36)33-20-18-24(19-21-33)29(35)32-27-13-8-7-12-26(27)31-28(34)23-10-5-4-6-11-23/h4-6,10-11,14-17,24,26-27H,2-3,7-9,12-13,18-21H2,1H3,(H,31,34)(H,32,35)/t26-,27-/m1/s1. The largest absolute Gasteiger partial charge is 0.351 e. The molecule has 1 saturated carbocycles. The first-order valence-corrected chi connectivity index (χ1v) is 13.6. The Morgan fingerprint density at radius 2 is 1.44 bits per heavy atom. The van der Waals surface area contributed by atoms with Crippen molar-refractivity contribution in [3.63, 3.8) is 0 Å². The van der Waals surface area contributed by atoms with E-state index in [9.17, 15) is 14.4 Å². The van der Waals surface area contributed by atoms with Crippen molar-refractivity contribution in [2.75, 3.05) is 13.1 Å². The molecule has 2 aromatic rings. The van der Waals surface area contributed by atoms with E-state index in [1.165, 1.54) is 5.56 Å². The van der Waals surface area contributed by atoms with Crippen molar-refractivity contribution >= 4 is 17.7 Å². The number of benzene rings is 2. The lowest BCUT2D eigenvalue weighted by Gasteiger charge is -2.36. The molecule has 1 aliphatic carbocycles. The molecule has 2 aromatic carbocycles. The molecule has 4 rings (SSSR count). The van der Waals surface area contributed by atoms with Crippen LogP contribution in [0.5, 0.6) is 0 Å². The van der Waals surface area contributed by atoms with Gasteiger partial charge in [0.1, 0.15) is 0 Å². The third-order valence-corrected chi connectivity index (χ3v) is 7.62. The van der Waals surface area contributed by atoms with Crippen LogP contribution in [0.15, 0.2) is 54.6 Å². The lowest BCUT2D eigenvalue weighted by Crippen LogP contribution is -2.55. The number of amides is 3. The van der Waals surface area contributed by atoms with Crippen LogP contribution in [0, 0.1) is 5.92 Å². The summed E-state index contributed by atoms with van der Waals surface area (Å²) in [6, 6.07) is 17.1. The van der Waals surface area contributed by atoms with E-state index in [0.717, 1.165) is 50.5 Å². The summed E-state index contributed by atoms with van der Waals surface area (Å²) in [6.07, 6.45) is 8.53. The van der Waals surface area contributed by atoms with Crippen molar-refractivity contribution in [2.45, 2.75) is 76.8 Å². The monoisotopic (exact) mass is 489 g/mol. The average molecular weight is 490 g/mol. The van der Waals surface area contributed by atoms with Gasteiger partial charge in [-0.2, -0.15) is 0 Å². The highest BCUT2D eigenvalue weighted by Crippen LogP contribution is 2.23. The Morgan fingerprint density at radius 1 is 0.806 bits per heavy atom. The number of hydrogen-bond acceptors (Lipinski definition) is 3. The molecule has 2 N–H and O–H groups in total. The Labute approximate surface area is 214 Å². The lowest BCUT2D eigenvalue weighted by atomic mass is 9.88. The highest BCUT2D eigenvalue weighted by Gasteiger charge is 2.32. The zero-order valence-corrected chi connectivity index (χ0v) is 21.4. The molecule has 0 spiro atoms. The Hall–Kier alpha value is -3.15. The second kappa shape index (κ2) is 12.7. The van der Waals surface area contributed by atoms with Gasteiger partial charge in [-0.3, -0.25) is 14.4 Å². The molecule has 0 aromatic heterocycles. The number of aryl methyl sites for hydroxylation is 1. The molecule has 2 aliphatic rings. The van der Waals surface area contributed by atoms with Crippen molar-refractivity contribution in [1.29, 1.82) is 0 Å². The van der Waals surface area contributed by atoms with Gasteiger partial charge in [0.2, 0.25) is 5.91 Å². The quantitative estimate of drug-likeness (QED) is 0.562. The van der Waals surface area contributed by atoms with Gasteiger partial charge in [-0.1, -0.05) is 56.5 Å². The number of carbonyl (C=O) groups excluding carboxylic acids is 3. The van der Waals surface area contributed by atoms with Gasteiger partial charge in [0.05, 0.1) is 0 Å². The number of piperidine rings is 1. The van der Waals surface area contributed by atoms with Gasteiger partial charge in [0.25, 0.3) is 11.8 Å². The van der Waals surface area contributed by atoms with Crippen LogP contribution in [-0.4, -0.2) is 47.8 Å². The molecule has 0 unspecified atom stereocenters. The fraction of sp³-hybridized carbons (Fsp3) is 0.500. The molecule has 6 nitrogen and oxygen atoms in total. The van der Waals surface area contributed by atoms with Gasteiger partial charge in [-0.15, -0.1) is 0 Å². The maximum atomic E-state index is 13.1. The van der Waals surface area contributed by atoms with E-state index in [1.807, 2.05) is 47.4 Å². The van der Waals surface area contributed by atoms with Crippen LogP contribution in [0.3, 0.4) is 0 Å². The molecule has 192 valence electrons. The van der Waals surface area contributed by atoms with Crippen molar-refractivity contribution < 1.29 is 14.4 Å². The number of nitrogens with one attached hydrogen (secondary N) is 2. The molecule has 6 heteroatoms. The van der Waals surface area contributed by atoms with E-state index < -0.39 is 0 Å². The number of rotatable bonds is 8. The smallest absolute Gasteiger partial charge is 0.253 e. The molecule has 1 aliphatic heterocycles. The summed E-state index contributed by atoms with van der Waals surface area (Å²) in [5, 5.41) is 6.38. The van der Waals surface area contributed by atoms with Crippen LogP contribution in [-0.2, 0) is 11.2 Å². The van der Waals surface area contributed by atoms with E-state index in [0.29, 0.717) is 31.5 Å². The minimum Gasteiger partial charge on any atom is -0.351 e. The first-order chi connectivity index (χ1) is 17.5. The summed E-state index contributed by atoms with van der Waals surface area (Å²) in [7, 11) is 0. The summed E-state index contributed by atoms with van der Waals surface area (Å²) < 4.78 is 0. The molecule has 0 radical (unpaired) electrons. The van der Waals surface area contributed by atoms with Crippen LogP contribution in [0.25, 0.3) is 0 Å². The number of carbonyl (C=O) groups is 3. The van der Waals surface area contributed by atoms with E-state index in [1.54, 1.807) is 0 Å². The Bertz CT molecular complexity index is 1010. The number of unbranched alkanes of at least 4 members (excludes halogenated alkanes) is 1. The topological polar surface area (TPSA) is 78.5 Å². The van der Waals surface area contributed by atoms with Crippen LogP contribution < -0.4 is 10.6 Å². The highest BCUT2D eigenvalue weighted by molar-refractivity contribution is 5.95. The fourth-order valence-corrected chi connectivity index (χ4v) is 5.34. The van der Waals surface area contributed by atoms with Crippen molar-refractivity contribution in [2.24, 2.45) is 5.92 Å². The van der Waals surface area contributed by atoms with Gasteiger partial charge in [0.15, 0.2) is 0 Å². The molecule has 2 atom stereocenters. The van der Waals surface area contributed by atoms with E-state index in [2.05, 4.69) is 29.7 Å². The summed E-state index contributed by atoms with van der Waals surface area (Å²) in [5.74, 6) is -0.0926. The number of hydrogen-bond donors (Lipinski definition) is 2. The fourth-order valence-electron chi connectivity index (χ4n) is 5.34. The minimum absolute atomic E-state index is 0.0480. The normalized spacial score (nSPS) is 20.5. The predicted octanol–water partition coefficient (Wildman–Crippen LogP) is 4.74. The van der Waals surface area contributed by atoms with Gasteiger partial charge >= 0.3 is 0 Å². The summed E-state index contributed by atoms with van der Waals surface area (Å²) >= 11 is 0. The van der Waals surface area contributed by atoms with Gasteiger partial charge in [-0.25, -0.2) is 0 Å². The molecular weight excluding hydrogens is 450 g/mol. The van der Waals surface area contributed by atoms with Gasteiger partial charge in [0, 0.05) is 42.2 Å². The van der Waals surface area contributed by atoms with Crippen molar-refractivity contribution in [3.8, 4) is 0 Å². The third-order valence-electron chi connectivity index (χ3n) is 7.62. The van der Waals surface area contributed by atoms with E-state index in [4.69, 9.17) is 0 Å². The van der Waals surface area contributed by atoms with Crippen LogP contribution in [0.4, 0.5) is 0 Å². The molecule has 0 bridgehead atoms. The molecule has 36 heavy (non-hydrogen) atoms. The molecular formula is C30H39N3O3. The average Bonchev–Trinajstić information content (AvgIpc) is 2.93. The Morgan fingerprint density at radius 3 is 2.08 bits per heavy atom. The van der Waals surface area contributed by atoms with Crippen LogP contribution in [0.1, 0.15) is 84.6 Å². The summed E-state index contributed by atoms with van der Waals surface area (Å²) in [4.78, 5) is 40.6. The van der Waals surface area contributed by atoms with Gasteiger partial charge < -0.3 is 15.5 Å². The SMILES string of the molecule is CCCCc1ccc(C(=O)N2CCC(C(=O)N[C@@H]3CCCC[C@H]3NC(=O)c3ccccc3)CC2)cc1. The lowest BCUT2D eigenvalue weighted by molar-refractivity contribution is -0.127. The molecule has 3 amide bonds. The maximum Gasteiger partial charge on any atom is 0.253 e. The first kappa shape index (κ1) is 25.9. The molecule has 2 fully saturated rings. The second-order valence-electron chi connectivity index (χ2n) is 10.2. The summed E-state index contributed by atoms with van der Waals surface area (Å²) in [6.45, 7) is 3.36.